The molecule has 1 aliphatic rings. The number of rotatable bonds is 7. The van der Waals surface area contributed by atoms with Crippen LogP contribution >= 0.6 is 11.5 Å². The SMILES string of the molecule is CC(O)CCCNc1snc(N)c1S(=O)(=O)C1CC1. The van der Waals surface area contributed by atoms with E-state index in [9.17, 15) is 8.42 Å². The third-order valence-corrected chi connectivity index (χ3v) is 6.29. The first kappa shape index (κ1) is 14.5. The summed E-state index contributed by atoms with van der Waals surface area (Å²) in [6.07, 6.45) is 2.51. The van der Waals surface area contributed by atoms with Crippen LogP contribution in [-0.2, 0) is 9.84 Å². The van der Waals surface area contributed by atoms with Crippen LogP contribution in [0.1, 0.15) is 32.6 Å². The van der Waals surface area contributed by atoms with Gasteiger partial charge in [-0.1, -0.05) is 0 Å². The number of aliphatic hydroxyl groups excluding tert-OH is 1. The molecule has 0 saturated heterocycles. The first-order chi connectivity index (χ1) is 8.93. The summed E-state index contributed by atoms with van der Waals surface area (Å²) < 4.78 is 28.4. The molecule has 0 aromatic carbocycles. The van der Waals surface area contributed by atoms with Crippen molar-refractivity contribution in [1.29, 1.82) is 0 Å². The molecule has 1 aliphatic carbocycles. The van der Waals surface area contributed by atoms with E-state index in [1.807, 2.05) is 0 Å². The van der Waals surface area contributed by atoms with Crippen LogP contribution in [0.15, 0.2) is 4.90 Å². The first-order valence-corrected chi connectivity index (χ1v) is 8.66. The molecule has 0 radical (unpaired) electrons. The Balaban J connectivity index is 2.06. The molecule has 1 aromatic heterocycles. The topological polar surface area (TPSA) is 105 Å². The zero-order chi connectivity index (χ0) is 14.0. The van der Waals surface area contributed by atoms with E-state index >= 15 is 0 Å². The van der Waals surface area contributed by atoms with E-state index in [0.29, 0.717) is 30.8 Å². The number of aromatic nitrogens is 1. The minimum absolute atomic E-state index is 0.0925. The lowest BCUT2D eigenvalue weighted by Crippen LogP contribution is -2.12. The van der Waals surface area contributed by atoms with Crippen LogP contribution in [-0.4, -0.2) is 35.8 Å². The van der Waals surface area contributed by atoms with Gasteiger partial charge < -0.3 is 16.2 Å². The number of hydrogen-bond acceptors (Lipinski definition) is 7. The van der Waals surface area contributed by atoms with E-state index < -0.39 is 9.84 Å². The molecule has 1 saturated carbocycles. The Bertz CT molecular complexity index is 535. The van der Waals surface area contributed by atoms with Crippen LogP contribution in [0.5, 0.6) is 0 Å². The Hall–Kier alpha value is -0.860. The van der Waals surface area contributed by atoms with E-state index in [2.05, 4.69) is 9.69 Å². The Morgan fingerprint density at radius 1 is 1.58 bits per heavy atom. The summed E-state index contributed by atoms with van der Waals surface area (Å²) in [4.78, 5) is 0.164. The molecule has 19 heavy (non-hydrogen) atoms. The van der Waals surface area contributed by atoms with Gasteiger partial charge in [0.1, 0.15) is 9.90 Å². The highest BCUT2D eigenvalue weighted by Crippen LogP contribution is 2.40. The van der Waals surface area contributed by atoms with Gasteiger partial charge >= 0.3 is 0 Å². The summed E-state index contributed by atoms with van der Waals surface area (Å²) in [7, 11) is -3.33. The molecule has 0 spiro atoms. The van der Waals surface area contributed by atoms with Crippen LogP contribution in [0.25, 0.3) is 0 Å². The average molecular weight is 305 g/mol. The highest BCUT2D eigenvalue weighted by Gasteiger charge is 2.40. The minimum Gasteiger partial charge on any atom is -0.393 e. The molecule has 4 N–H and O–H groups in total. The minimum atomic E-state index is -3.33. The van der Waals surface area contributed by atoms with E-state index in [1.165, 1.54) is 0 Å². The number of nitrogens with one attached hydrogen (secondary N) is 1. The molecule has 108 valence electrons. The highest BCUT2D eigenvalue weighted by molar-refractivity contribution is 7.92. The van der Waals surface area contributed by atoms with Crippen LogP contribution in [0.3, 0.4) is 0 Å². The molecular formula is C11H19N3O3S2. The van der Waals surface area contributed by atoms with Gasteiger partial charge in [0.25, 0.3) is 0 Å². The number of hydrogen-bond donors (Lipinski definition) is 3. The number of nitrogens with two attached hydrogens (primary N) is 1. The predicted molar refractivity (Wildman–Crippen MR) is 76.1 cm³/mol. The lowest BCUT2D eigenvalue weighted by molar-refractivity contribution is 0.183. The maximum Gasteiger partial charge on any atom is 0.187 e. The summed E-state index contributed by atoms with van der Waals surface area (Å²) in [6.45, 7) is 2.33. The Labute approximate surface area is 117 Å². The van der Waals surface area contributed by atoms with Gasteiger partial charge in [-0.3, -0.25) is 0 Å². The summed E-state index contributed by atoms with van der Waals surface area (Å²) in [5.41, 5.74) is 5.69. The molecule has 1 heterocycles. The Morgan fingerprint density at radius 3 is 2.84 bits per heavy atom. The molecular weight excluding hydrogens is 286 g/mol. The molecule has 0 bridgehead atoms. The normalized spacial score (nSPS) is 17.4. The van der Waals surface area contributed by atoms with Gasteiger partial charge in [-0.05, 0) is 44.1 Å². The molecule has 1 atom stereocenters. The van der Waals surface area contributed by atoms with E-state index in [4.69, 9.17) is 10.8 Å². The van der Waals surface area contributed by atoms with Crippen LogP contribution in [0.2, 0.25) is 0 Å². The highest BCUT2D eigenvalue weighted by atomic mass is 32.2. The molecule has 1 aromatic rings. The van der Waals surface area contributed by atoms with Gasteiger partial charge in [0.15, 0.2) is 15.7 Å². The van der Waals surface area contributed by atoms with Crippen molar-refractivity contribution in [3.63, 3.8) is 0 Å². The second-order valence-corrected chi connectivity index (χ2v) is 7.83. The largest absolute Gasteiger partial charge is 0.393 e. The number of nitrogen functional groups attached to an aromatic ring is 1. The number of aliphatic hydroxyl groups is 1. The van der Waals surface area contributed by atoms with Crippen molar-refractivity contribution < 1.29 is 13.5 Å². The van der Waals surface area contributed by atoms with Crippen molar-refractivity contribution in [2.75, 3.05) is 17.6 Å². The fraction of sp³-hybridized carbons (Fsp3) is 0.727. The second-order valence-electron chi connectivity index (χ2n) is 4.89. The van der Waals surface area contributed by atoms with Crippen molar-refractivity contribution in [3.05, 3.63) is 0 Å². The maximum absolute atomic E-state index is 12.2. The van der Waals surface area contributed by atoms with Gasteiger partial charge in [-0.25, -0.2) is 8.42 Å². The molecule has 0 aliphatic heterocycles. The van der Waals surface area contributed by atoms with Gasteiger partial charge in [0, 0.05) is 6.54 Å². The van der Waals surface area contributed by atoms with Gasteiger partial charge in [0.2, 0.25) is 0 Å². The third-order valence-electron chi connectivity index (χ3n) is 3.01. The van der Waals surface area contributed by atoms with Gasteiger partial charge in [-0.2, -0.15) is 4.37 Å². The smallest absolute Gasteiger partial charge is 0.187 e. The standard InChI is InChI=1S/C11H19N3O3S2/c1-7(15)3-2-6-13-11-9(10(12)14-18-11)19(16,17)8-4-5-8/h7-8,13,15H,2-6H2,1H3,(H2,12,14). The zero-order valence-electron chi connectivity index (χ0n) is 10.8. The van der Waals surface area contributed by atoms with Crippen LogP contribution in [0.4, 0.5) is 10.8 Å². The monoisotopic (exact) mass is 305 g/mol. The number of anilines is 2. The van der Waals surface area contributed by atoms with Gasteiger partial charge in [-0.15, -0.1) is 0 Å². The third kappa shape index (κ3) is 3.37. The Morgan fingerprint density at radius 2 is 2.26 bits per heavy atom. The molecule has 6 nitrogen and oxygen atoms in total. The van der Waals surface area contributed by atoms with E-state index in [-0.39, 0.29) is 22.1 Å². The quantitative estimate of drug-likeness (QED) is 0.654. The lowest BCUT2D eigenvalue weighted by Gasteiger charge is -2.08. The zero-order valence-corrected chi connectivity index (χ0v) is 12.4. The molecule has 1 fully saturated rings. The fourth-order valence-corrected chi connectivity index (χ4v) is 4.74. The van der Waals surface area contributed by atoms with Crippen molar-refractivity contribution in [3.8, 4) is 0 Å². The summed E-state index contributed by atoms with van der Waals surface area (Å²) in [5.74, 6) is 0.0925. The first-order valence-electron chi connectivity index (χ1n) is 6.34. The van der Waals surface area contributed by atoms with Crippen molar-refractivity contribution in [2.45, 2.75) is 48.9 Å². The second kappa shape index (κ2) is 5.64. The lowest BCUT2D eigenvalue weighted by atomic mass is 10.2. The summed E-state index contributed by atoms with van der Waals surface area (Å²) in [5, 5.41) is 12.5. The molecule has 0 amide bonds. The number of sulfone groups is 1. The van der Waals surface area contributed by atoms with Crippen LogP contribution < -0.4 is 11.1 Å². The van der Waals surface area contributed by atoms with Gasteiger partial charge in [0.05, 0.1) is 11.4 Å². The summed E-state index contributed by atoms with van der Waals surface area (Å²) in [6, 6.07) is 0. The predicted octanol–water partition coefficient (Wildman–Crippen LogP) is 1.23. The van der Waals surface area contributed by atoms with E-state index in [0.717, 1.165) is 18.0 Å². The molecule has 2 rings (SSSR count). The molecule has 8 heteroatoms. The fourth-order valence-electron chi connectivity index (χ4n) is 1.83. The average Bonchev–Trinajstić information content (AvgIpc) is 3.10. The molecule has 1 unspecified atom stereocenters. The number of nitrogens with zero attached hydrogens (tertiary/aromatic N) is 1. The summed E-state index contributed by atoms with van der Waals surface area (Å²) >= 11 is 1.08. The van der Waals surface area contributed by atoms with Crippen LogP contribution in [0, 0.1) is 0 Å². The van der Waals surface area contributed by atoms with Crippen molar-refractivity contribution >= 4 is 32.2 Å². The van der Waals surface area contributed by atoms with Crippen molar-refractivity contribution in [2.24, 2.45) is 0 Å². The Kier molecular flexibility index (Phi) is 4.32. The maximum atomic E-state index is 12.2. The van der Waals surface area contributed by atoms with Crippen molar-refractivity contribution in [1.82, 2.24) is 4.37 Å². The van der Waals surface area contributed by atoms with E-state index in [1.54, 1.807) is 6.92 Å².